The zero-order valence-electron chi connectivity index (χ0n) is 25.9. The van der Waals surface area contributed by atoms with Gasteiger partial charge in [0.15, 0.2) is 0 Å². The molecule has 2 amide bonds. The second-order valence-corrected chi connectivity index (χ2v) is 13.8. The lowest BCUT2D eigenvalue weighted by Crippen LogP contribution is -2.53. The summed E-state index contributed by atoms with van der Waals surface area (Å²) in [5, 5.41) is 3.34. The maximum Gasteiger partial charge on any atom is 0.264 e. The van der Waals surface area contributed by atoms with Gasteiger partial charge in [-0.3, -0.25) is 13.9 Å². The first-order chi connectivity index (χ1) is 22.0. The van der Waals surface area contributed by atoms with Crippen LogP contribution in [0.1, 0.15) is 25.0 Å². The van der Waals surface area contributed by atoms with Gasteiger partial charge in [0.1, 0.15) is 18.3 Å². The number of hydrogen-bond acceptors (Lipinski definition) is 5. The molecule has 1 atom stereocenters. The zero-order valence-corrected chi connectivity index (χ0v) is 28.2. The third-order valence-electron chi connectivity index (χ3n) is 7.23. The number of nitrogens with one attached hydrogen (secondary N) is 1. The van der Waals surface area contributed by atoms with E-state index in [4.69, 9.17) is 27.9 Å². The summed E-state index contributed by atoms with van der Waals surface area (Å²) < 4.78 is 34.6. The van der Waals surface area contributed by atoms with E-state index in [1.807, 2.05) is 50.2 Å². The SMILES string of the molecule is COc1cccc(CN(C(=O)CN(c2ccc(Cl)cc2Cl)S(=O)(=O)c2ccccc2)[C@@H](Cc2ccccc2)C(=O)NCC(C)C)c1. The number of ether oxygens (including phenoxy) is 1. The third kappa shape index (κ3) is 9.02. The highest BCUT2D eigenvalue weighted by Crippen LogP contribution is 2.33. The lowest BCUT2D eigenvalue weighted by Gasteiger charge is -2.34. The van der Waals surface area contributed by atoms with E-state index < -0.39 is 28.5 Å². The minimum Gasteiger partial charge on any atom is -0.497 e. The quantitative estimate of drug-likeness (QED) is 0.162. The van der Waals surface area contributed by atoms with Gasteiger partial charge in [-0.05, 0) is 59.5 Å². The summed E-state index contributed by atoms with van der Waals surface area (Å²) in [6, 6.07) is 27.7. The van der Waals surface area contributed by atoms with Crippen molar-refractivity contribution in [2.75, 3.05) is 24.5 Å². The normalized spacial score (nSPS) is 12.0. The maximum absolute atomic E-state index is 14.6. The number of carbonyl (C=O) groups excluding carboxylic acids is 2. The molecular formula is C35H37Cl2N3O5S. The number of sulfonamides is 1. The molecule has 0 bridgehead atoms. The van der Waals surface area contributed by atoms with Crippen LogP contribution in [0.4, 0.5) is 5.69 Å². The first-order valence-corrected chi connectivity index (χ1v) is 17.0. The Labute approximate surface area is 280 Å². The summed E-state index contributed by atoms with van der Waals surface area (Å²) in [6.45, 7) is 3.74. The Kier molecular flexibility index (Phi) is 12.1. The Morgan fingerprint density at radius 3 is 2.13 bits per heavy atom. The van der Waals surface area contributed by atoms with E-state index in [2.05, 4.69) is 5.32 Å². The Balaban J connectivity index is 1.82. The minimum atomic E-state index is -4.29. The number of methoxy groups -OCH3 is 1. The molecule has 0 spiro atoms. The average Bonchev–Trinajstić information content (AvgIpc) is 3.05. The molecule has 0 aliphatic heterocycles. The molecule has 0 fully saturated rings. The van der Waals surface area contributed by atoms with Crippen molar-refractivity contribution < 1.29 is 22.7 Å². The molecule has 0 saturated carbocycles. The lowest BCUT2D eigenvalue weighted by atomic mass is 10.0. The number of amides is 2. The maximum atomic E-state index is 14.6. The fourth-order valence-corrected chi connectivity index (χ4v) is 6.88. The Morgan fingerprint density at radius 2 is 1.50 bits per heavy atom. The van der Waals surface area contributed by atoms with Crippen molar-refractivity contribution >= 4 is 50.7 Å². The standard InChI is InChI=1S/C35H37Cl2N3O5S/c1-25(2)22-38-35(42)33(20-26-11-6-4-7-12-26)39(23-27-13-10-14-29(19-27)45-3)34(41)24-40(32-18-17-28(36)21-31(32)37)46(43,44)30-15-8-5-9-16-30/h4-19,21,25,33H,20,22-24H2,1-3H3,(H,38,42)/t33-/m0/s1. The van der Waals surface area contributed by atoms with Crippen molar-refractivity contribution in [1.29, 1.82) is 0 Å². The van der Waals surface area contributed by atoms with Crippen molar-refractivity contribution in [3.05, 3.63) is 124 Å². The van der Waals surface area contributed by atoms with Gasteiger partial charge in [-0.2, -0.15) is 0 Å². The van der Waals surface area contributed by atoms with E-state index in [0.29, 0.717) is 22.9 Å². The molecule has 0 heterocycles. The van der Waals surface area contributed by atoms with E-state index >= 15 is 0 Å². The molecule has 0 unspecified atom stereocenters. The molecular weight excluding hydrogens is 645 g/mol. The van der Waals surface area contributed by atoms with Gasteiger partial charge in [0, 0.05) is 24.5 Å². The van der Waals surface area contributed by atoms with Gasteiger partial charge >= 0.3 is 0 Å². The van der Waals surface area contributed by atoms with Crippen LogP contribution in [0.5, 0.6) is 5.75 Å². The van der Waals surface area contributed by atoms with E-state index in [1.54, 1.807) is 43.5 Å². The number of rotatable bonds is 14. The number of hydrogen-bond donors (Lipinski definition) is 1. The predicted octanol–water partition coefficient (Wildman–Crippen LogP) is 6.61. The van der Waals surface area contributed by atoms with Gasteiger partial charge in [-0.1, -0.05) is 97.7 Å². The van der Waals surface area contributed by atoms with Crippen LogP contribution in [0.2, 0.25) is 10.0 Å². The van der Waals surface area contributed by atoms with Gasteiger partial charge < -0.3 is 15.0 Å². The fraction of sp³-hybridized carbons (Fsp3) is 0.257. The Bertz CT molecular complexity index is 1740. The first kappa shape index (κ1) is 34.8. The summed E-state index contributed by atoms with van der Waals surface area (Å²) in [4.78, 5) is 29.8. The van der Waals surface area contributed by atoms with Gasteiger partial charge in [0.05, 0.1) is 22.7 Å². The first-order valence-electron chi connectivity index (χ1n) is 14.8. The topological polar surface area (TPSA) is 96.0 Å². The lowest BCUT2D eigenvalue weighted by molar-refractivity contribution is -0.140. The molecule has 4 aromatic rings. The van der Waals surface area contributed by atoms with Crippen LogP contribution in [0.15, 0.2) is 108 Å². The molecule has 242 valence electrons. The summed E-state index contributed by atoms with van der Waals surface area (Å²) in [7, 11) is -2.75. The van der Waals surface area contributed by atoms with E-state index in [-0.39, 0.29) is 40.4 Å². The number of carbonyl (C=O) groups is 2. The number of benzene rings is 4. The third-order valence-corrected chi connectivity index (χ3v) is 9.54. The molecule has 0 aliphatic rings. The average molecular weight is 683 g/mol. The summed E-state index contributed by atoms with van der Waals surface area (Å²) >= 11 is 12.7. The van der Waals surface area contributed by atoms with Crippen molar-refractivity contribution in [2.45, 2.75) is 37.8 Å². The smallest absolute Gasteiger partial charge is 0.264 e. The second-order valence-electron chi connectivity index (χ2n) is 11.1. The minimum absolute atomic E-state index is 0.0101. The Hall–Kier alpha value is -4.05. The van der Waals surface area contributed by atoms with Gasteiger partial charge in [-0.25, -0.2) is 8.42 Å². The monoisotopic (exact) mass is 681 g/mol. The van der Waals surface area contributed by atoms with Crippen LogP contribution >= 0.6 is 23.2 Å². The van der Waals surface area contributed by atoms with Gasteiger partial charge in [0.25, 0.3) is 10.0 Å². The van der Waals surface area contributed by atoms with E-state index in [9.17, 15) is 18.0 Å². The molecule has 8 nitrogen and oxygen atoms in total. The van der Waals surface area contributed by atoms with Crippen LogP contribution in [-0.2, 0) is 32.6 Å². The van der Waals surface area contributed by atoms with Gasteiger partial charge in [0.2, 0.25) is 11.8 Å². The number of nitrogens with zero attached hydrogens (tertiary/aromatic N) is 2. The molecule has 0 radical (unpaired) electrons. The predicted molar refractivity (Wildman–Crippen MR) is 183 cm³/mol. The summed E-state index contributed by atoms with van der Waals surface area (Å²) in [6.07, 6.45) is 0.202. The van der Waals surface area contributed by atoms with Crippen LogP contribution in [-0.4, -0.2) is 51.4 Å². The van der Waals surface area contributed by atoms with Crippen LogP contribution < -0.4 is 14.4 Å². The Morgan fingerprint density at radius 1 is 0.848 bits per heavy atom. The molecule has 0 aromatic heterocycles. The van der Waals surface area contributed by atoms with E-state index in [0.717, 1.165) is 9.87 Å². The fourth-order valence-electron chi connectivity index (χ4n) is 4.86. The highest BCUT2D eigenvalue weighted by Gasteiger charge is 2.35. The van der Waals surface area contributed by atoms with Crippen LogP contribution in [0, 0.1) is 5.92 Å². The van der Waals surface area contributed by atoms with Gasteiger partial charge in [-0.15, -0.1) is 0 Å². The van der Waals surface area contributed by atoms with Crippen molar-refractivity contribution in [3.63, 3.8) is 0 Å². The van der Waals surface area contributed by atoms with Crippen molar-refractivity contribution in [1.82, 2.24) is 10.2 Å². The van der Waals surface area contributed by atoms with Crippen molar-refractivity contribution in [2.24, 2.45) is 5.92 Å². The van der Waals surface area contributed by atoms with E-state index in [1.165, 1.54) is 35.2 Å². The molecule has 1 N–H and O–H groups in total. The molecule has 11 heteroatoms. The highest BCUT2D eigenvalue weighted by molar-refractivity contribution is 7.92. The van der Waals surface area contributed by atoms with Crippen LogP contribution in [0.3, 0.4) is 0 Å². The van der Waals surface area contributed by atoms with Crippen LogP contribution in [0.25, 0.3) is 0 Å². The highest BCUT2D eigenvalue weighted by atomic mass is 35.5. The molecule has 0 aliphatic carbocycles. The molecule has 4 aromatic carbocycles. The summed E-state index contributed by atoms with van der Waals surface area (Å²) in [5.74, 6) is -0.206. The molecule has 46 heavy (non-hydrogen) atoms. The molecule has 4 rings (SSSR count). The largest absolute Gasteiger partial charge is 0.497 e. The molecule has 0 saturated heterocycles. The number of halogens is 2. The number of anilines is 1. The zero-order chi connectivity index (χ0) is 33.3. The second kappa shape index (κ2) is 16.0. The summed E-state index contributed by atoms with van der Waals surface area (Å²) in [5.41, 5.74) is 1.61. The van der Waals surface area contributed by atoms with Crippen molar-refractivity contribution in [3.8, 4) is 5.75 Å².